The molecule has 13 heteroatoms. The summed E-state index contributed by atoms with van der Waals surface area (Å²) < 4.78 is 17.2. The van der Waals surface area contributed by atoms with Crippen LogP contribution in [0.1, 0.15) is 17.2 Å². The summed E-state index contributed by atoms with van der Waals surface area (Å²) in [4.78, 5) is 39.4. The lowest BCUT2D eigenvalue weighted by Crippen LogP contribution is -2.49. The molecule has 1 saturated heterocycles. The van der Waals surface area contributed by atoms with Gasteiger partial charge in [0.2, 0.25) is 0 Å². The molecule has 1 amide bonds. The van der Waals surface area contributed by atoms with Gasteiger partial charge in [0.1, 0.15) is 24.7 Å². The quantitative estimate of drug-likeness (QED) is 0.230. The Morgan fingerprint density at radius 1 is 1.22 bits per heavy atom. The predicted octanol–water partition coefficient (Wildman–Crippen LogP) is 4.68. The molecule has 0 unspecified atom stereocenters. The van der Waals surface area contributed by atoms with Gasteiger partial charge in [0.25, 0.3) is 5.56 Å². The number of pyridine rings is 1. The van der Waals surface area contributed by atoms with Gasteiger partial charge in [0, 0.05) is 49.6 Å². The Kier molecular flexibility index (Phi) is 9.74. The van der Waals surface area contributed by atoms with Crippen molar-refractivity contribution in [3.8, 4) is 11.4 Å². The maximum absolute atomic E-state index is 12.9. The van der Waals surface area contributed by atoms with Crippen molar-refractivity contribution in [2.24, 2.45) is 0 Å². The first-order valence-corrected chi connectivity index (χ1v) is 13.3. The molecule has 0 aliphatic carbocycles. The first kappa shape index (κ1) is 30.2. The average molecular weight is 605 g/mol. The Labute approximate surface area is 246 Å². The number of halogens is 3. The average Bonchev–Trinajstić information content (AvgIpc) is 3.39. The minimum absolute atomic E-state index is 0. The van der Waals surface area contributed by atoms with E-state index in [1.54, 1.807) is 41.4 Å². The number of aryl methyl sites for hydroxylation is 1. The second-order valence-electron chi connectivity index (χ2n) is 9.57. The number of aromatic amines is 2. The number of nitrogens with one attached hydrogen (secondary N) is 3. The largest absolute Gasteiger partial charge is 0.447 e. The second-order valence-corrected chi connectivity index (χ2v) is 10.0. The number of nitrogens with zero attached hydrogens (tertiary/aromatic N) is 3. The van der Waals surface area contributed by atoms with Gasteiger partial charge >= 0.3 is 6.09 Å². The fourth-order valence-corrected chi connectivity index (χ4v) is 5.03. The van der Waals surface area contributed by atoms with E-state index >= 15 is 0 Å². The monoisotopic (exact) mass is 604 g/mol. The standard InChI is InChI=1S/C28H30ClFN6O4.ClH/c1-17-13-20(35-8-10-36(11-9-35)28(39)40-12-6-30)15-22-25(17)34-26(33-22)24-21(5-7-31-27(24)38)32-16-23(37)18-3-2-4-19(29)14-18;/h2-5,7,13-15,23,37H,6,8-12,16H2,1H3,(H,33,34)(H2,31,32,38);1H/t23-;/m1./s1. The van der Waals surface area contributed by atoms with Gasteiger partial charge in [0.15, 0.2) is 0 Å². The lowest BCUT2D eigenvalue weighted by molar-refractivity contribution is 0.0943. The lowest BCUT2D eigenvalue weighted by atomic mass is 10.1. The molecule has 3 heterocycles. The number of piperazine rings is 1. The van der Waals surface area contributed by atoms with Gasteiger partial charge in [-0.3, -0.25) is 4.79 Å². The fourth-order valence-electron chi connectivity index (χ4n) is 4.84. The smallest absolute Gasteiger partial charge is 0.409 e. The van der Waals surface area contributed by atoms with Crippen molar-refractivity contribution >= 4 is 52.5 Å². The van der Waals surface area contributed by atoms with Crippen LogP contribution in [-0.4, -0.2) is 77.1 Å². The van der Waals surface area contributed by atoms with Crippen LogP contribution in [0.3, 0.4) is 0 Å². The van der Waals surface area contributed by atoms with E-state index in [0.717, 1.165) is 22.3 Å². The molecular weight excluding hydrogens is 574 g/mol. The molecule has 4 N–H and O–H groups in total. The summed E-state index contributed by atoms with van der Waals surface area (Å²) in [5.41, 5.74) is 4.59. The number of benzene rings is 2. The molecule has 1 aliphatic rings. The van der Waals surface area contributed by atoms with Gasteiger partial charge in [-0.2, -0.15) is 0 Å². The highest BCUT2D eigenvalue weighted by Crippen LogP contribution is 2.30. The Balaban J connectivity index is 0.00000387. The molecule has 0 saturated carbocycles. The summed E-state index contributed by atoms with van der Waals surface area (Å²) >= 11 is 6.06. The zero-order chi connectivity index (χ0) is 28.2. The Bertz CT molecular complexity index is 1570. The molecule has 2 aromatic heterocycles. The summed E-state index contributed by atoms with van der Waals surface area (Å²) in [7, 11) is 0. The summed E-state index contributed by atoms with van der Waals surface area (Å²) in [5, 5.41) is 14.4. The van der Waals surface area contributed by atoms with Gasteiger partial charge < -0.3 is 34.9 Å². The maximum atomic E-state index is 12.9. The normalized spacial score (nSPS) is 14.0. The van der Waals surface area contributed by atoms with Gasteiger partial charge in [-0.1, -0.05) is 23.7 Å². The number of aromatic nitrogens is 3. The Morgan fingerprint density at radius 2 is 2.00 bits per heavy atom. The number of hydrogen-bond acceptors (Lipinski definition) is 7. The number of alkyl halides is 1. The number of H-pyrrole nitrogens is 2. The molecule has 1 aliphatic heterocycles. The van der Waals surface area contributed by atoms with Gasteiger partial charge in [0.05, 0.1) is 22.8 Å². The van der Waals surface area contributed by atoms with E-state index in [4.69, 9.17) is 21.3 Å². The highest BCUT2D eigenvalue weighted by atomic mass is 35.5. The molecular formula is C28H31Cl2FN6O4. The van der Waals surface area contributed by atoms with Crippen molar-refractivity contribution in [1.29, 1.82) is 0 Å². The van der Waals surface area contributed by atoms with Crippen LogP contribution < -0.4 is 15.8 Å². The van der Waals surface area contributed by atoms with E-state index in [0.29, 0.717) is 53.8 Å². The van der Waals surface area contributed by atoms with Gasteiger partial charge in [-0.05, 0) is 48.4 Å². The minimum atomic E-state index is -0.836. The molecule has 0 bridgehead atoms. The third-order valence-electron chi connectivity index (χ3n) is 6.88. The number of ether oxygens (including phenoxy) is 1. The first-order chi connectivity index (χ1) is 19.3. The van der Waals surface area contributed by atoms with Crippen molar-refractivity contribution < 1.29 is 19.0 Å². The third kappa shape index (κ3) is 6.75. The van der Waals surface area contributed by atoms with E-state index in [-0.39, 0.29) is 31.1 Å². The summed E-state index contributed by atoms with van der Waals surface area (Å²) in [6.45, 7) is 3.30. The molecule has 41 heavy (non-hydrogen) atoms. The summed E-state index contributed by atoms with van der Waals surface area (Å²) in [6, 6.07) is 12.7. The van der Waals surface area contributed by atoms with Crippen LogP contribution in [0.5, 0.6) is 0 Å². The number of hydrogen-bond donors (Lipinski definition) is 4. The van der Waals surface area contributed by atoms with Crippen molar-refractivity contribution in [2.45, 2.75) is 13.0 Å². The van der Waals surface area contributed by atoms with E-state index in [2.05, 4.69) is 20.2 Å². The number of aliphatic hydroxyl groups excluding tert-OH is 1. The molecule has 1 fully saturated rings. The summed E-state index contributed by atoms with van der Waals surface area (Å²) in [6.07, 6.45) is 0.205. The predicted molar refractivity (Wildman–Crippen MR) is 160 cm³/mol. The molecule has 5 rings (SSSR count). The SMILES string of the molecule is Cc1cc(N2CCN(C(=O)OCCF)CC2)cc2[nH]c(-c3c(NC[C@@H](O)c4cccc(Cl)c4)cc[nH]c3=O)nc12.Cl. The minimum Gasteiger partial charge on any atom is -0.447 e. The number of imidazole rings is 1. The number of amides is 1. The topological polar surface area (TPSA) is 127 Å². The van der Waals surface area contributed by atoms with Gasteiger partial charge in [-0.15, -0.1) is 12.4 Å². The number of fused-ring (bicyclic) bond motifs is 1. The van der Waals surface area contributed by atoms with Crippen LogP contribution in [0.25, 0.3) is 22.4 Å². The van der Waals surface area contributed by atoms with E-state index in [1.807, 2.05) is 19.1 Å². The van der Waals surface area contributed by atoms with Crippen molar-refractivity contribution in [1.82, 2.24) is 19.9 Å². The molecule has 218 valence electrons. The van der Waals surface area contributed by atoms with Crippen molar-refractivity contribution in [3.05, 3.63) is 75.2 Å². The summed E-state index contributed by atoms with van der Waals surface area (Å²) in [5.74, 6) is 0.400. The van der Waals surface area contributed by atoms with Crippen LogP contribution in [0.15, 0.2) is 53.5 Å². The molecule has 1 atom stereocenters. The third-order valence-corrected chi connectivity index (χ3v) is 7.12. The second kappa shape index (κ2) is 13.2. The van der Waals surface area contributed by atoms with E-state index in [9.17, 15) is 19.1 Å². The van der Waals surface area contributed by atoms with Crippen molar-refractivity contribution in [3.63, 3.8) is 0 Å². The fraction of sp³-hybridized carbons (Fsp3) is 0.321. The molecule has 10 nitrogen and oxygen atoms in total. The highest BCUT2D eigenvalue weighted by molar-refractivity contribution is 6.30. The number of carbonyl (C=O) groups is 1. The van der Waals surface area contributed by atoms with Crippen LogP contribution in [-0.2, 0) is 4.74 Å². The van der Waals surface area contributed by atoms with Crippen LogP contribution >= 0.6 is 24.0 Å². The van der Waals surface area contributed by atoms with Crippen LogP contribution in [0, 0.1) is 6.92 Å². The number of rotatable bonds is 8. The van der Waals surface area contributed by atoms with E-state index < -0.39 is 18.9 Å². The maximum Gasteiger partial charge on any atom is 0.409 e. The number of carbonyl (C=O) groups excluding carboxylic acids is 1. The molecule has 0 spiro atoms. The first-order valence-electron chi connectivity index (χ1n) is 13.0. The molecule has 2 aromatic carbocycles. The van der Waals surface area contributed by atoms with Crippen LogP contribution in [0.2, 0.25) is 5.02 Å². The number of aliphatic hydroxyl groups is 1. The Hall–Kier alpha value is -3.80. The molecule has 0 radical (unpaired) electrons. The van der Waals surface area contributed by atoms with Crippen LogP contribution in [0.4, 0.5) is 20.6 Å². The van der Waals surface area contributed by atoms with Gasteiger partial charge in [-0.25, -0.2) is 14.2 Å². The number of anilines is 2. The van der Waals surface area contributed by atoms with E-state index in [1.165, 1.54) is 0 Å². The zero-order valence-corrected chi connectivity index (χ0v) is 23.9. The molecule has 4 aromatic rings. The lowest BCUT2D eigenvalue weighted by Gasteiger charge is -2.35. The highest BCUT2D eigenvalue weighted by Gasteiger charge is 2.24. The van der Waals surface area contributed by atoms with Crippen molar-refractivity contribution in [2.75, 3.05) is 56.2 Å². The zero-order valence-electron chi connectivity index (χ0n) is 22.3. The Morgan fingerprint density at radius 3 is 2.73 bits per heavy atom.